The van der Waals surface area contributed by atoms with Crippen LogP contribution in [0, 0.1) is 6.92 Å². The second-order valence-electron chi connectivity index (χ2n) is 6.57. The zero-order valence-electron chi connectivity index (χ0n) is 16.0. The molecule has 0 saturated carbocycles. The second-order valence-corrected chi connectivity index (χ2v) is 6.57. The Morgan fingerprint density at radius 1 is 1.19 bits per heavy atom. The molecule has 1 aliphatic rings. The number of benzene rings is 1. The van der Waals surface area contributed by atoms with Crippen LogP contribution in [0.15, 0.2) is 30.6 Å². The molecule has 7 nitrogen and oxygen atoms in total. The summed E-state index contributed by atoms with van der Waals surface area (Å²) in [5, 5.41) is 0. The van der Waals surface area contributed by atoms with Crippen molar-refractivity contribution in [2.75, 3.05) is 27.3 Å². The normalized spacial score (nSPS) is 16.7. The molecule has 1 unspecified atom stereocenters. The van der Waals surface area contributed by atoms with Crippen molar-refractivity contribution in [2.24, 2.45) is 0 Å². The van der Waals surface area contributed by atoms with Gasteiger partial charge in [0.05, 0.1) is 27.2 Å². The number of rotatable bonds is 6. The van der Waals surface area contributed by atoms with Crippen molar-refractivity contribution in [3.63, 3.8) is 0 Å². The van der Waals surface area contributed by atoms with Crippen LogP contribution in [0.4, 0.5) is 0 Å². The summed E-state index contributed by atoms with van der Waals surface area (Å²) in [6.07, 6.45) is 5.12. The van der Waals surface area contributed by atoms with Gasteiger partial charge < -0.3 is 19.1 Å². The van der Waals surface area contributed by atoms with Crippen molar-refractivity contribution < 1.29 is 19.0 Å². The number of hydrogen-bond donors (Lipinski definition) is 0. The molecule has 3 rings (SSSR count). The molecule has 1 saturated heterocycles. The molecule has 0 N–H and O–H groups in total. The number of nitrogens with zero attached hydrogens (tertiary/aromatic N) is 3. The number of hydrogen-bond acceptors (Lipinski definition) is 6. The van der Waals surface area contributed by atoms with E-state index in [2.05, 4.69) is 9.97 Å². The van der Waals surface area contributed by atoms with Gasteiger partial charge >= 0.3 is 0 Å². The summed E-state index contributed by atoms with van der Waals surface area (Å²) in [6, 6.07) is 5.84. The summed E-state index contributed by atoms with van der Waals surface area (Å²) in [7, 11) is 3.18. The number of aromatic nitrogens is 2. The first kappa shape index (κ1) is 18.9. The van der Waals surface area contributed by atoms with Gasteiger partial charge in [-0.05, 0) is 37.0 Å². The standard InChI is InChI=1S/C20H25N3O4/c1-14-11-15(6-7-17(14)25-2)12-18(24)23-10-4-5-16(13-23)27-20-19(26-3)21-8-9-22-20/h6-9,11,16H,4-5,10,12-13H2,1-3H3. The minimum Gasteiger partial charge on any atom is -0.496 e. The highest BCUT2D eigenvalue weighted by molar-refractivity contribution is 5.79. The molecule has 0 spiro atoms. The van der Waals surface area contributed by atoms with Gasteiger partial charge in [-0.15, -0.1) is 0 Å². The summed E-state index contributed by atoms with van der Waals surface area (Å²) in [5.74, 6) is 1.65. The van der Waals surface area contributed by atoms with Crippen LogP contribution >= 0.6 is 0 Å². The number of ether oxygens (including phenoxy) is 3. The van der Waals surface area contributed by atoms with Crippen LogP contribution in [-0.4, -0.2) is 54.2 Å². The summed E-state index contributed by atoms with van der Waals surface area (Å²) < 4.78 is 16.4. The number of carbonyl (C=O) groups is 1. The lowest BCUT2D eigenvalue weighted by Crippen LogP contribution is -2.45. The van der Waals surface area contributed by atoms with Crippen LogP contribution in [-0.2, 0) is 11.2 Å². The van der Waals surface area contributed by atoms with Crippen molar-refractivity contribution in [2.45, 2.75) is 32.3 Å². The molecule has 1 atom stereocenters. The Kier molecular flexibility index (Phi) is 6.11. The molecular weight excluding hydrogens is 346 g/mol. The first-order chi connectivity index (χ1) is 13.1. The first-order valence-electron chi connectivity index (χ1n) is 9.03. The van der Waals surface area contributed by atoms with Crippen molar-refractivity contribution in [3.8, 4) is 17.5 Å². The predicted octanol–water partition coefficient (Wildman–Crippen LogP) is 2.41. The van der Waals surface area contributed by atoms with Gasteiger partial charge in [-0.1, -0.05) is 12.1 Å². The van der Waals surface area contributed by atoms with E-state index in [0.717, 1.165) is 36.3 Å². The highest BCUT2D eigenvalue weighted by Gasteiger charge is 2.26. The molecule has 2 heterocycles. The lowest BCUT2D eigenvalue weighted by molar-refractivity contribution is -0.133. The maximum absolute atomic E-state index is 12.7. The van der Waals surface area contributed by atoms with Crippen LogP contribution < -0.4 is 14.2 Å². The monoisotopic (exact) mass is 371 g/mol. The molecule has 1 aromatic carbocycles. The van der Waals surface area contributed by atoms with Gasteiger partial charge in [0.2, 0.25) is 5.91 Å². The van der Waals surface area contributed by atoms with E-state index in [1.54, 1.807) is 19.5 Å². The van der Waals surface area contributed by atoms with E-state index in [0.29, 0.717) is 24.7 Å². The molecule has 1 fully saturated rings. The lowest BCUT2D eigenvalue weighted by Gasteiger charge is -2.32. The average Bonchev–Trinajstić information content (AvgIpc) is 2.69. The Morgan fingerprint density at radius 2 is 1.96 bits per heavy atom. The Hall–Kier alpha value is -2.83. The van der Waals surface area contributed by atoms with Gasteiger partial charge in [0.1, 0.15) is 11.9 Å². The van der Waals surface area contributed by atoms with E-state index < -0.39 is 0 Å². The summed E-state index contributed by atoms with van der Waals surface area (Å²) >= 11 is 0. The van der Waals surface area contributed by atoms with Crippen molar-refractivity contribution in [1.29, 1.82) is 0 Å². The van der Waals surface area contributed by atoms with Gasteiger partial charge in [-0.3, -0.25) is 4.79 Å². The molecule has 7 heteroatoms. The van der Waals surface area contributed by atoms with Crippen LogP contribution in [0.5, 0.6) is 17.5 Å². The Morgan fingerprint density at radius 3 is 2.67 bits per heavy atom. The van der Waals surface area contributed by atoms with Gasteiger partial charge in [0.25, 0.3) is 11.8 Å². The Labute approximate surface area is 159 Å². The van der Waals surface area contributed by atoms with E-state index in [1.807, 2.05) is 30.0 Å². The zero-order valence-corrected chi connectivity index (χ0v) is 16.0. The minimum absolute atomic E-state index is 0.0963. The van der Waals surface area contributed by atoms with E-state index in [9.17, 15) is 4.79 Å². The first-order valence-corrected chi connectivity index (χ1v) is 9.03. The van der Waals surface area contributed by atoms with E-state index in [4.69, 9.17) is 14.2 Å². The van der Waals surface area contributed by atoms with Crippen LogP contribution in [0.2, 0.25) is 0 Å². The maximum atomic E-state index is 12.7. The highest BCUT2D eigenvalue weighted by Crippen LogP contribution is 2.24. The van der Waals surface area contributed by atoms with Crippen LogP contribution in [0.3, 0.4) is 0 Å². The second kappa shape index (κ2) is 8.70. The zero-order chi connectivity index (χ0) is 19.2. The third-order valence-electron chi connectivity index (χ3n) is 4.65. The van der Waals surface area contributed by atoms with E-state index >= 15 is 0 Å². The Balaban J connectivity index is 1.61. The maximum Gasteiger partial charge on any atom is 0.278 e. The highest BCUT2D eigenvalue weighted by atomic mass is 16.5. The van der Waals surface area contributed by atoms with Gasteiger partial charge in [-0.2, -0.15) is 0 Å². The smallest absolute Gasteiger partial charge is 0.278 e. The Bertz CT molecular complexity index is 797. The molecule has 0 aliphatic carbocycles. The predicted molar refractivity (Wildman–Crippen MR) is 100 cm³/mol. The molecule has 1 amide bonds. The number of carbonyl (C=O) groups excluding carboxylic acids is 1. The average molecular weight is 371 g/mol. The topological polar surface area (TPSA) is 73.8 Å². The molecule has 1 aliphatic heterocycles. The molecule has 1 aromatic heterocycles. The van der Waals surface area contributed by atoms with Gasteiger partial charge in [-0.25, -0.2) is 9.97 Å². The minimum atomic E-state index is -0.120. The SMILES string of the molecule is COc1ccc(CC(=O)N2CCCC(Oc3nccnc3OC)C2)cc1C. The van der Waals surface area contributed by atoms with Crippen LogP contribution in [0.1, 0.15) is 24.0 Å². The third-order valence-corrected chi connectivity index (χ3v) is 4.65. The number of aryl methyl sites for hydroxylation is 1. The fraction of sp³-hybridized carbons (Fsp3) is 0.450. The molecule has 0 bridgehead atoms. The number of methoxy groups -OCH3 is 2. The van der Waals surface area contributed by atoms with Gasteiger partial charge in [0.15, 0.2) is 0 Å². The molecule has 2 aromatic rings. The summed E-state index contributed by atoms with van der Waals surface area (Å²) in [6.45, 7) is 3.25. The summed E-state index contributed by atoms with van der Waals surface area (Å²) in [5.41, 5.74) is 2.01. The summed E-state index contributed by atoms with van der Waals surface area (Å²) in [4.78, 5) is 22.9. The van der Waals surface area contributed by atoms with E-state index in [1.165, 1.54) is 7.11 Å². The fourth-order valence-corrected chi connectivity index (χ4v) is 3.29. The fourth-order valence-electron chi connectivity index (χ4n) is 3.29. The van der Waals surface area contributed by atoms with Crippen molar-refractivity contribution in [1.82, 2.24) is 14.9 Å². The van der Waals surface area contributed by atoms with E-state index in [-0.39, 0.29) is 12.0 Å². The largest absolute Gasteiger partial charge is 0.496 e. The van der Waals surface area contributed by atoms with Crippen LogP contribution in [0.25, 0.3) is 0 Å². The molecular formula is C20H25N3O4. The van der Waals surface area contributed by atoms with Crippen molar-refractivity contribution in [3.05, 3.63) is 41.7 Å². The van der Waals surface area contributed by atoms with Crippen molar-refractivity contribution >= 4 is 5.91 Å². The number of likely N-dealkylation sites (tertiary alicyclic amines) is 1. The number of amides is 1. The van der Waals surface area contributed by atoms with Gasteiger partial charge in [0, 0.05) is 18.9 Å². The lowest BCUT2D eigenvalue weighted by atomic mass is 10.0. The third kappa shape index (κ3) is 4.67. The molecule has 27 heavy (non-hydrogen) atoms. The molecule has 144 valence electrons. The number of piperidine rings is 1. The quantitative estimate of drug-likeness (QED) is 0.776. The molecule has 0 radical (unpaired) electrons.